The van der Waals surface area contributed by atoms with E-state index in [0.717, 1.165) is 41.5 Å². The van der Waals surface area contributed by atoms with Crippen LogP contribution in [0.2, 0.25) is 0 Å². The Morgan fingerprint density at radius 1 is 1.14 bits per heavy atom. The summed E-state index contributed by atoms with van der Waals surface area (Å²) in [4.78, 5) is 11.5. The second-order valence-corrected chi connectivity index (χ2v) is 9.10. The molecule has 0 aliphatic carbocycles. The summed E-state index contributed by atoms with van der Waals surface area (Å²) in [5, 5.41) is 4.45. The average Bonchev–Trinajstić information content (AvgIpc) is 3.16. The third-order valence-electron chi connectivity index (χ3n) is 4.81. The number of aromatic nitrogens is 2. The minimum absolute atomic E-state index is 0.261. The van der Waals surface area contributed by atoms with Gasteiger partial charge in [-0.25, -0.2) is 9.97 Å². The molecule has 1 saturated heterocycles. The summed E-state index contributed by atoms with van der Waals surface area (Å²) < 4.78 is 6.11. The molecule has 0 saturated carbocycles. The van der Waals surface area contributed by atoms with Gasteiger partial charge in [-0.05, 0) is 30.0 Å². The van der Waals surface area contributed by atoms with Crippen LogP contribution in [0.15, 0.2) is 53.0 Å². The molecule has 1 aliphatic heterocycles. The number of rotatable bonds is 7. The molecule has 4 rings (SSSR count). The van der Waals surface area contributed by atoms with Crippen molar-refractivity contribution in [3.05, 3.63) is 58.7 Å². The second-order valence-electron chi connectivity index (χ2n) is 7.38. The predicted molar refractivity (Wildman–Crippen MR) is 117 cm³/mol. The largest absolute Gasteiger partial charge is 0.488 e. The van der Waals surface area contributed by atoms with Gasteiger partial charge in [0.1, 0.15) is 11.9 Å². The van der Waals surface area contributed by atoms with Crippen LogP contribution in [0.25, 0.3) is 11.1 Å². The number of hydrogen-bond acceptors (Lipinski definition) is 6. The van der Waals surface area contributed by atoms with Crippen molar-refractivity contribution >= 4 is 23.1 Å². The maximum atomic E-state index is 6.11. The molecule has 0 spiro atoms. The van der Waals surface area contributed by atoms with E-state index in [2.05, 4.69) is 65.5 Å². The van der Waals surface area contributed by atoms with Gasteiger partial charge in [0.15, 0.2) is 0 Å². The van der Waals surface area contributed by atoms with Crippen molar-refractivity contribution in [3.63, 3.8) is 0 Å². The lowest BCUT2D eigenvalue weighted by Gasteiger charge is -2.38. The molecule has 1 aromatic carbocycles. The van der Waals surface area contributed by atoms with Crippen LogP contribution in [-0.2, 0) is 6.54 Å². The molecular formula is C22H25N3OS2. The van der Waals surface area contributed by atoms with Gasteiger partial charge in [0, 0.05) is 42.7 Å². The Morgan fingerprint density at radius 3 is 2.50 bits per heavy atom. The normalized spacial score (nSPS) is 15.0. The molecule has 1 fully saturated rings. The van der Waals surface area contributed by atoms with E-state index < -0.39 is 0 Å². The summed E-state index contributed by atoms with van der Waals surface area (Å²) in [6.45, 7) is 7.21. The van der Waals surface area contributed by atoms with Crippen LogP contribution < -0.4 is 4.74 Å². The van der Waals surface area contributed by atoms with Crippen LogP contribution in [0.1, 0.15) is 30.5 Å². The fourth-order valence-corrected chi connectivity index (χ4v) is 4.39. The number of nitrogens with zero attached hydrogens (tertiary/aromatic N) is 3. The SMILES string of the molecule is CSc1ccc(-c2ccc(OC3CN(Cc4csc(C(C)C)n4)C3)cc2)cn1. The first-order valence-corrected chi connectivity index (χ1v) is 11.6. The van der Waals surface area contributed by atoms with Crippen molar-refractivity contribution in [2.24, 2.45) is 0 Å². The van der Waals surface area contributed by atoms with Crippen molar-refractivity contribution < 1.29 is 4.74 Å². The topological polar surface area (TPSA) is 38.2 Å². The Balaban J connectivity index is 1.27. The number of benzene rings is 1. The molecule has 0 bridgehead atoms. The summed E-state index contributed by atoms with van der Waals surface area (Å²) in [5.74, 6) is 1.44. The maximum Gasteiger partial charge on any atom is 0.124 e. The van der Waals surface area contributed by atoms with Crippen molar-refractivity contribution in [1.82, 2.24) is 14.9 Å². The van der Waals surface area contributed by atoms with Gasteiger partial charge in [-0.3, -0.25) is 4.90 Å². The monoisotopic (exact) mass is 411 g/mol. The highest BCUT2D eigenvalue weighted by atomic mass is 32.2. The van der Waals surface area contributed by atoms with Crippen molar-refractivity contribution in [3.8, 4) is 16.9 Å². The summed E-state index contributed by atoms with van der Waals surface area (Å²) >= 11 is 3.42. The fraction of sp³-hybridized carbons (Fsp3) is 0.364. The van der Waals surface area contributed by atoms with Gasteiger partial charge in [0.25, 0.3) is 0 Å². The van der Waals surface area contributed by atoms with Gasteiger partial charge >= 0.3 is 0 Å². The second kappa shape index (κ2) is 8.64. The lowest BCUT2D eigenvalue weighted by atomic mass is 10.1. The number of likely N-dealkylation sites (tertiary alicyclic amines) is 1. The molecule has 28 heavy (non-hydrogen) atoms. The predicted octanol–water partition coefficient (Wildman–Crippen LogP) is 5.31. The molecule has 3 aromatic rings. The van der Waals surface area contributed by atoms with Gasteiger partial charge in [-0.2, -0.15) is 0 Å². The van der Waals surface area contributed by atoms with Crippen molar-refractivity contribution in [2.75, 3.05) is 19.3 Å². The number of hydrogen-bond donors (Lipinski definition) is 0. The van der Waals surface area contributed by atoms with Gasteiger partial charge < -0.3 is 4.74 Å². The first kappa shape index (κ1) is 19.4. The molecule has 0 amide bonds. The molecule has 6 heteroatoms. The van der Waals surface area contributed by atoms with E-state index in [1.807, 2.05) is 12.5 Å². The Morgan fingerprint density at radius 2 is 1.89 bits per heavy atom. The van der Waals surface area contributed by atoms with Crippen LogP contribution >= 0.6 is 23.1 Å². The van der Waals surface area contributed by atoms with Crippen LogP contribution in [0.3, 0.4) is 0 Å². The number of pyridine rings is 1. The lowest BCUT2D eigenvalue weighted by molar-refractivity contribution is 0.0139. The smallest absolute Gasteiger partial charge is 0.124 e. The Kier molecular flexibility index (Phi) is 5.99. The summed E-state index contributed by atoms with van der Waals surface area (Å²) in [5.41, 5.74) is 3.47. The van der Waals surface area contributed by atoms with Crippen molar-refractivity contribution in [1.29, 1.82) is 0 Å². The Bertz CT molecular complexity index is 900. The van der Waals surface area contributed by atoms with E-state index in [-0.39, 0.29) is 6.10 Å². The first-order chi connectivity index (χ1) is 13.6. The van der Waals surface area contributed by atoms with Gasteiger partial charge in [-0.15, -0.1) is 23.1 Å². The zero-order valence-electron chi connectivity index (χ0n) is 16.5. The molecule has 0 unspecified atom stereocenters. The van der Waals surface area contributed by atoms with Gasteiger partial charge in [-0.1, -0.05) is 32.0 Å². The van der Waals surface area contributed by atoms with Gasteiger partial charge in [0.05, 0.1) is 15.7 Å². The van der Waals surface area contributed by atoms with E-state index in [9.17, 15) is 0 Å². The van der Waals surface area contributed by atoms with E-state index in [1.54, 1.807) is 23.1 Å². The lowest BCUT2D eigenvalue weighted by Crippen LogP contribution is -2.53. The minimum Gasteiger partial charge on any atom is -0.488 e. The zero-order chi connectivity index (χ0) is 19.5. The molecular weight excluding hydrogens is 386 g/mol. The van der Waals surface area contributed by atoms with Crippen LogP contribution in [0.4, 0.5) is 0 Å². The van der Waals surface area contributed by atoms with Crippen molar-refractivity contribution in [2.45, 2.75) is 37.4 Å². The number of thiazole rings is 1. The molecule has 146 valence electrons. The average molecular weight is 412 g/mol. The van der Waals surface area contributed by atoms with E-state index in [0.29, 0.717) is 5.92 Å². The third kappa shape index (κ3) is 4.57. The van der Waals surface area contributed by atoms with E-state index in [4.69, 9.17) is 9.72 Å². The number of ether oxygens (including phenoxy) is 1. The van der Waals surface area contributed by atoms with Crippen LogP contribution in [0, 0.1) is 0 Å². The highest BCUT2D eigenvalue weighted by Crippen LogP contribution is 2.26. The third-order valence-corrected chi connectivity index (χ3v) is 6.66. The number of thioether (sulfide) groups is 1. The molecule has 0 N–H and O–H groups in total. The molecule has 4 nitrogen and oxygen atoms in total. The first-order valence-electron chi connectivity index (χ1n) is 9.54. The zero-order valence-corrected chi connectivity index (χ0v) is 18.1. The molecule has 1 aliphatic rings. The maximum absolute atomic E-state index is 6.11. The van der Waals surface area contributed by atoms with E-state index in [1.165, 1.54) is 10.7 Å². The fourth-order valence-electron chi connectivity index (χ4n) is 3.21. The Hall–Kier alpha value is -1.89. The Labute approximate surface area is 175 Å². The highest BCUT2D eigenvalue weighted by molar-refractivity contribution is 7.98. The quantitative estimate of drug-likeness (QED) is 0.492. The van der Waals surface area contributed by atoms with Gasteiger partial charge in [0.2, 0.25) is 0 Å². The van der Waals surface area contributed by atoms with Crippen LogP contribution in [-0.4, -0.2) is 40.3 Å². The molecule has 0 radical (unpaired) electrons. The molecule has 2 aromatic heterocycles. The molecule has 3 heterocycles. The molecule has 0 atom stereocenters. The summed E-state index contributed by atoms with van der Waals surface area (Å²) in [6.07, 6.45) is 4.22. The minimum atomic E-state index is 0.261. The van der Waals surface area contributed by atoms with Crippen LogP contribution in [0.5, 0.6) is 5.75 Å². The summed E-state index contributed by atoms with van der Waals surface area (Å²) in [6, 6.07) is 12.5. The highest BCUT2D eigenvalue weighted by Gasteiger charge is 2.29. The summed E-state index contributed by atoms with van der Waals surface area (Å²) in [7, 11) is 0. The van der Waals surface area contributed by atoms with E-state index >= 15 is 0 Å². The standard InChI is InChI=1S/C22H25N3OS2/c1-15(2)22-24-18(14-28-22)11-25-12-20(13-25)26-19-7-4-16(5-8-19)17-6-9-21(27-3)23-10-17/h4-10,14-15,20H,11-13H2,1-3H3.